The van der Waals surface area contributed by atoms with E-state index in [1.165, 1.54) is 22.3 Å². The molecule has 0 aliphatic heterocycles. The number of hydrogen-bond donors (Lipinski definition) is 1. The van der Waals surface area contributed by atoms with Gasteiger partial charge in [0.05, 0.1) is 17.4 Å². The molecule has 2 nitrogen and oxygen atoms in total. The molecule has 1 heterocycles. The van der Waals surface area contributed by atoms with Gasteiger partial charge in [-0.1, -0.05) is 105 Å². The van der Waals surface area contributed by atoms with Crippen molar-refractivity contribution in [3.05, 3.63) is 138 Å². The second kappa shape index (κ2) is 11.5. The molecule has 0 saturated carbocycles. The number of allylic oxidation sites excluding steroid dienone is 4. The van der Waals surface area contributed by atoms with Crippen molar-refractivity contribution in [2.75, 3.05) is 5.32 Å². The van der Waals surface area contributed by atoms with Gasteiger partial charge in [-0.05, 0) is 71.9 Å². The van der Waals surface area contributed by atoms with Crippen molar-refractivity contribution < 1.29 is 0 Å². The minimum atomic E-state index is -0.106. The summed E-state index contributed by atoms with van der Waals surface area (Å²) in [5.41, 5.74) is 9.14. The first kappa shape index (κ1) is 24.2. The van der Waals surface area contributed by atoms with Crippen molar-refractivity contribution in [1.82, 2.24) is 4.98 Å². The summed E-state index contributed by atoms with van der Waals surface area (Å²) in [5, 5.41) is 3.80. The van der Waals surface area contributed by atoms with Crippen molar-refractivity contribution >= 4 is 11.3 Å². The van der Waals surface area contributed by atoms with Crippen molar-refractivity contribution in [3.63, 3.8) is 0 Å². The van der Waals surface area contributed by atoms with E-state index in [9.17, 15) is 0 Å². The Balaban J connectivity index is 1.82. The highest BCUT2D eigenvalue weighted by molar-refractivity contribution is 5.70. The van der Waals surface area contributed by atoms with Gasteiger partial charge in [0.15, 0.2) is 0 Å². The molecule has 0 amide bonds. The fourth-order valence-corrected chi connectivity index (χ4v) is 4.23. The normalized spacial score (nSPS) is 12.8. The number of benzene rings is 3. The molecular formula is C33H34N2. The maximum atomic E-state index is 5.11. The SMILES string of the molecule is C/C=C\C=C(/C)c1cccc(C(Nc2ccc(C(C)C)cc2)c2ccccc2-c2ccccc2)n1. The van der Waals surface area contributed by atoms with Gasteiger partial charge in [-0.25, -0.2) is 0 Å². The van der Waals surface area contributed by atoms with Gasteiger partial charge in [0.1, 0.15) is 0 Å². The Morgan fingerprint density at radius 1 is 0.800 bits per heavy atom. The standard InChI is InChI=1S/C33H34N2/c1-5-6-13-25(4)31-18-12-19-32(35-31)33(34-28-22-20-26(21-23-28)24(2)3)30-17-11-10-16-29(30)27-14-8-7-9-15-27/h5-24,33-34H,1-4H3/b6-5-,25-13+. The maximum Gasteiger partial charge on any atom is 0.0946 e. The Morgan fingerprint density at radius 3 is 2.23 bits per heavy atom. The first-order valence-electron chi connectivity index (χ1n) is 12.3. The Kier molecular flexibility index (Phi) is 7.95. The molecule has 4 aromatic rings. The quantitative estimate of drug-likeness (QED) is 0.266. The van der Waals surface area contributed by atoms with Crippen molar-refractivity contribution in [2.45, 2.75) is 39.7 Å². The Hall–Kier alpha value is -3.91. The van der Waals surface area contributed by atoms with Gasteiger partial charge >= 0.3 is 0 Å². The van der Waals surface area contributed by atoms with Crippen molar-refractivity contribution in [2.24, 2.45) is 0 Å². The minimum Gasteiger partial charge on any atom is -0.373 e. The first-order valence-corrected chi connectivity index (χ1v) is 12.3. The smallest absolute Gasteiger partial charge is 0.0946 e. The molecule has 0 bridgehead atoms. The number of nitrogens with one attached hydrogen (secondary N) is 1. The average molecular weight is 459 g/mol. The molecule has 0 aliphatic carbocycles. The third-order valence-corrected chi connectivity index (χ3v) is 6.25. The summed E-state index contributed by atoms with van der Waals surface area (Å²) < 4.78 is 0. The number of pyridine rings is 1. The van der Waals surface area contributed by atoms with Crippen LogP contribution in [0.1, 0.15) is 62.2 Å². The molecule has 35 heavy (non-hydrogen) atoms. The molecular weight excluding hydrogens is 424 g/mol. The van der Waals surface area contributed by atoms with Crippen LogP contribution in [0.4, 0.5) is 5.69 Å². The molecule has 1 N–H and O–H groups in total. The van der Waals surface area contributed by atoms with Crippen LogP contribution < -0.4 is 5.32 Å². The molecule has 1 unspecified atom stereocenters. The van der Waals surface area contributed by atoms with Gasteiger partial charge in [0.2, 0.25) is 0 Å². The van der Waals surface area contributed by atoms with E-state index in [0.29, 0.717) is 5.92 Å². The topological polar surface area (TPSA) is 24.9 Å². The second-order valence-corrected chi connectivity index (χ2v) is 9.13. The van der Waals surface area contributed by atoms with E-state index < -0.39 is 0 Å². The van der Waals surface area contributed by atoms with Gasteiger partial charge < -0.3 is 5.32 Å². The van der Waals surface area contributed by atoms with Crippen LogP contribution in [0.25, 0.3) is 16.7 Å². The lowest BCUT2D eigenvalue weighted by Crippen LogP contribution is -2.15. The Labute approximate surface area is 210 Å². The number of hydrogen-bond acceptors (Lipinski definition) is 2. The molecule has 1 aromatic heterocycles. The molecule has 1 atom stereocenters. The zero-order valence-electron chi connectivity index (χ0n) is 21.1. The van der Waals surface area contributed by atoms with Crippen LogP contribution in [-0.2, 0) is 0 Å². The molecule has 0 radical (unpaired) electrons. The highest BCUT2D eigenvalue weighted by Gasteiger charge is 2.20. The second-order valence-electron chi connectivity index (χ2n) is 9.13. The Bertz CT molecular complexity index is 1300. The fourth-order valence-electron chi connectivity index (χ4n) is 4.23. The van der Waals surface area contributed by atoms with Crippen LogP contribution in [0.2, 0.25) is 0 Å². The molecule has 2 heteroatoms. The predicted molar refractivity (Wildman–Crippen MR) is 151 cm³/mol. The van der Waals surface area contributed by atoms with Gasteiger partial charge in [0.25, 0.3) is 0 Å². The van der Waals surface area contributed by atoms with Crippen LogP contribution >= 0.6 is 0 Å². The van der Waals surface area contributed by atoms with E-state index in [1.807, 2.05) is 13.0 Å². The molecule has 0 aliphatic rings. The number of nitrogens with zero attached hydrogens (tertiary/aromatic N) is 1. The van der Waals surface area contributed by atoms with Crippen LogP contribution in [0.3, 0.4) is 0 Å². The minimum absolute atomic E-state index is 0.106. The van der Waals surface area contributed by atoms with Crippen LogP contribution in [-0.4, -0.2) is 4.98 Å². The zero-order valence-corrected chi connectivity index (χ0v) is 21.1. The van der Waals surface area contributed by atoms with E-state index in [0.717, 1.165) is 22.6 Å². The summed E-state index contributed by atoms with van der Waals surface area (Å²) in [4.78, 5) is 5.11. The van der Waals surface area contributed by atoms with Crippen molar-refractivity contribution in [1.29, 1.82) is 0 Å². The molecule has 3 aromatic carbocycles. The third kappa shape index (κ3) is 5.96. The largest absolute Gasteiger partial charge is 0.373 e. The van der Waals surface area contributed by atoms with E-state index in [4.69, 9.17) is 4.98 Å². The van der Waals surface area contributed by atoms with Crippen molar-refractivity contribution in [3.8, 4) is 11.1 Å². The summed E-state index contributed by atoms with van der Waals surface area (Å²) >= 11 is 0. The summed E-state index contributed by atoms with van der Waals surface area (Å²) in [5.74, 6) is 0.504. The number of aromatic nitrogens is 1. The molecule has 0 spiro atoms. The average Bonchev–Trinajstić information content (AvgIpc) is 2.91. The first-order chi connectivity index (χ1) is 17.1. The Morgan fingerprint density at radius 2 is 1.51 bits per heavy atom. The van der Waals surface area contributed by atoms with E-state index in [1.54, 1.807) is 0 Å². The lowest BCUT2D eigenvalue weighted by molar-refractivity contribution is 0.863. The summed E-state index contributed by atoms with van der Waals surface area (Å²) in [6.45, 7) is 8.58. The van der Waals surface area contributed by atoms with Crippen LogP contribution in [0.15, 0.2) is 115 Å². The van der Waals surface area contributed by atoms with Gasteiger partial charge in [-0.2, -0.15) is 0 Å². The zero-order chi connectivity index (χ0) is 24.6. The predicted octanol–water partition coefficient (Wildman–Crippen LogP) is 9.05. The van der Waals surface area contributed by atoms with Crippen LogP contribution in [0.5, 0.6) is 0 Å². The lowest BCUT2D eigenvalue weighted by Gasteiger charge is -2.24. The molecule has 0 fully saturated rings. The van der Waals surface area contributed by atoms with E-state index >= 15 is 0 Å². The molecule has 0 saturated heterocycles. The molecule has 4 rings (SSSR count). The third-order valence-electron chi connectivity index (χ3n) is 6.25. The van der Waals surface area contributed by atoms with Gasteiger partial charge in [-0.3, -0.25) is 4.98 Å². The summed E-state index contributed by atoms with van der Waals surface area (Å²) in [7, 11) is 0. The summed E-state index contributed by atoms with van der Waals surface area (Å²) in [6.07, 6.45) is 6.20. The highest BCUT2D eigenvalue weighted by atomic mass is 15.0. The fraction of sp³-hybridized carbons (Fsp3) is 0.182. The van der Waals surface area contributed by atoms with Crippen LogP contribution in [0, 0.1) is 0 Å². The lowest BCUT2D eigenvalue weighted by atomic mass is 9.92. The monoisotopic (exact) mass is 458 g/mol. The maximum absolute atomic E-state index is 5.11. The molecule has 176 valence electrons. The summed E-state index contributed by atoms with van der Waals surface area (Å²) in [6, 6.07) is 34.2. The van der Waals surface area contributed by atoms with Gasteiger partial charge in [-0.15, -0.1) is 0 Å². The van der Waals surface area contributed by atoms with E-state index in [2.05, 4.69) is 135 Å². The number of anilines is 1. The van der Waals surface area contributed by atoms with E-state index in [-0.39, 0.29) is 6.04 Å². The van der Waals surface area contributed by atoms with Gasteiger partial charge in [0, 0.05) is 5.69 Å². The highest BCUT2D eigenvalue weighted by Crippen LogP contribution is 2.34. The number of rotatable bonds is 8.